The second-order valence-electron chi connectivity index (χ2n) is 6.75. The van der Waals surface area contributed by atoms with E-state index in [0.29, 0.717) is 6.07 Å². The number of ether oxygens (including phenoxy) is 2. The summed E-state index contributed by atoms with van der Waals surface area (Å²) in [5.74, 6) is -2.51. The molecule has 1 heterocycles. The van der Waals surface area contributed by atoms with Gasteiger partial charge >= 0.3 is 0 Å². The maximum atomic E-state index is 14.0. The number of hydrogen-bond donors (Lipinski definition) is 0. The smallest absolute Gasteiger partial charge is 0.286 e. The number of sulfonamides is 1. The minimum absolute atomic E-state index is 0.0729. The molecule has 1 saturated heterocycles. The molecule has 1 amide bonds. The summed E-state index contributed by atoms with van der Waals surface area (Å²) in [4.78, 5) is 24.1. The SMILES string of the molecule is COc1cc(C(=O)N2CCN(S(=O)(=O)c3cc(F)ccc3F)CC2)c([N+](=O)[O-])cc1OC. The lowest BCUT2D eigenvalue weighted by atomic mass is 10.1. The zero-order valence-corrected chi connectivity index (χ0v) is 17.9. The molecule has 1 fully saturated rings. The van der Waals surface area contributed by atoms with E-state index in [2.05, 4.69) is 0 Å². The highest BCUT2D eigenvalue weighted by atomic mass is 32.2. The van der Waals surface area contributed by atoms with Gasteiger partial charge in [0.05, 0.1) is 25.2 Å². The molecule has 0 N–H and O–H groups in total. The van der Waals surface area contributed by atoms with Crippen LogP contribution in [0.1, 0.15) is 10.4 Å². The van der Waals surface area contributed by atoms with Gasteiger partial charge in [-0.1, -0.05) is 0 Å². The van der Waals surface area contributed by atoms with Crippen LogP contribution in [0.15, 0.2) is 35.2 Å². The molecule has 13 heteroatoms. The van der Waals surface area contributed by atoms with Gasteiger partial charge in [0, 0.05) is 32.2 Å². The van der Waals surface area contributed by atoms with Gasteiger partial charge < -0.3 is 14.4 Å². The molecule has 0 aromatic heterocycles. The molecular weight excluding hydrogens is 452 g/mol. The van der Waals surface area contributed by atoms with E-state index >= 15 is 0 Å². The van der Waals surface area contributed by atoms with Crippen LogP contribution in [0.4, 0.5) is 14.5 Å². The van der Waals surface area contributed by atoms with E-state index in [4.69, 9.17) is 9.47 Å². The first kappa shape index (κ1) is 23.3. The van der Waals surface area contributed by atoms with Gasteiger partial charge in [0.25, 0.3) is 11.6 Å². The van der Waals surface area contributed by atoms with Crippen molar-refractivity contribution in [2.24, 2.45) is 0 Å². The lowest BCUT2D eigenvalue weighted by Gasteiger charge is -2.34. The second-order valence-corrected chi connectivity index (χ2v) is 8.66. The molecule has 1 aliphatic rings. The number of piperazine rings is 1. The first-order valence-corrected chi connectivity index (χ1v) is 10.7. The number of methoxy groups -OCH3 is 2. The number of hydrogen-bond acceptors (Lipinski definition) is 7. The van der Waals surface area contributed by atoms with E-state index in [-0.39, 0.29) is 43.2 Å². The third-order valence-corrected chi connectivity index (χ3v) is 6.88. The Morgan fingerprint density at radius 1 is 1.03 bits per heavy atom. The molecule has 172 valence electrons. The average Bonchev–Trinajstić information content (AvgIpc) is 2.79. The number of carbonyl (C=O) groups excluding carboxylic acids is 1. The molecule has 32 heavy (non-hydrogen) atoms. The quantitative estimate of drug-likeness (QED) is 0.467. The van der Waals surface area contributed by atoms with Crippen LogP contribution in [0.5, 0.6) is 11.5 Å². The molecule has 0 saturated carbocycles. The maximum Gasteiger partial charge on any atom is 0.286 e. The number of nitrogens with zero attached hydrogens (tertiary/aromatic N) is 3. The molecule has 1 aliphatic heterocycles. The molecule has 0 bridgehead atoms. The molecular formula is C19H19F2N3O7S. The van der Waals surface area contributed by atoms with Crippen LogP contribution >= 0.6 is 0 Å². The van der Waals surface area contributed by atoms with Crippen molar-refractivity contribution < 1.29 is 36.4 Å². The van der Waals surface area contributed by atoms with Gasteiger partial charge in [-0.15, -0.1) is 0 Å². The van der Waals surface area contributed by atoms with Crippen molar-refractivity contribution in [3.63, 3.8) is 0 Å². The Balaban J connectivity index is 1.83. The lowest BCUT2D eigenvalue weighted by molar-refractivity contribution is -0.385. The summed E-state index contributed by atoms with van der Waals surface area (Å²) in [6.45, 7) is -0.628. The van der Waals surface area contributed by atoms with E-state index in [1.54, 1.807) is 0 Å². The number of nitro benzene ring substituents is 1. The highest BCUT2D eigenvalue weighted by Crippen LogP contribution is 2.35. The summed E-state index contributed by atoms with van der Waals surface area (Å²) in [6, 6.07) is 4.37. The van der Waals surface area contributed by atoms with Crippen molar-refractivity contribution in [2.75, 3.05) is 40.4 Å². The standard InChI is InChI=1S/C19H19F2N3O7S/c1-30-16-10-13(15(24(26)27)11-17(16)31-2)19(25)22-5-7-23(8-6-22)32(28,29)18-9-12(20)3-4-14(18)21/h3-4,9-11H,5-8H2,1-2H3. The zero-order chi connectivity index (χ0) is 23.6. The fourth-order valence-corrected chi connectivity index (χ4v) is 4.80. The van der Waals surface area contributed by atoms with Crippen molar-refractivity contribution in [3.8, 4) is 11.5 Å². The van der Waals surface area contributed by atoms with Crippen LogP contribution < -0.4 is 9.47 Å². The van der Waals surface area contributed by atoms with E-state index < -0.39 is 43.1 Å². The molecule has 0 spiro atoms. The van der Waals surface area contributed by atoms with Crippen LogP contribution in [0.3, 0.4) is 0 Å². The minimum atomic E-state index is -4.33. The Bertz CT molecular complexity index is 1170. The number of amides is 1. The number of benzene rings is 2. The number of carbonyl (C=O) groups is 1. The summed E-state index contributed by atoms with van der Waals surface area (Å²) >= 11 is 0. The van der Waals surface area contributed by atoms with Crippen molar-refractivity contribution in [3.05, 3.63) is 57.6 Å². The van der Waals surface area contributed by atoms with Gasteiger partial charge in [-0.05, 0) is 18.2 Å². The summed E-state index contributed by atoms with van der Waals surface area (Å²) in [7, 11) is -1.73. The molecule has 0 atom stereocenters. The molecule has 2 aromatic rings. The van der Waals surface area contributed by atoms with E-state index in [1.165, 1.54) is 25.2 Å². The van der Waals surface area contributed by atoms with Gasteiger partial charge in [0.15, 0.2) is 11.5 Å². The van der Waals surface area contributed by atoms with Crippen molar-refractivity contribution >= 4 is 21.6 Å². The molecule has 3 rings (SSSR count). The van der Waals surface area contributed by atoms with Crippen molar-refractivity contribution in [2.45, 2.75) is 4.90 Å². The zero-order valence-electron chi connectivity index (χ0n) is 17.1. The lowest BCUT2D eigenvalue weighted by Crippen LogP contribution is -2.50. The van der Waals surface area contributed by atoms with E-state index in [0.717, 1.165) is 22.5 Å². The summed E-state index contributed by atoms with van der Waals surface area (Å²) < 4.78 is 63.9. The Morgan fingerprint density at radius 2 is 1.62 bits per heavy atom. The molecule has 10 nitrogen and oxygen atoms in total. The third-order valence-electron chi connectivity index (χ3n) is 4.97. The largest absolute Gasteiger partial charge is 0.493 e. The van der Waals surface area contributed by atoms with Crippen LogP contribution in [0, 0.1) is 21.7 Å². The minimum Gasteiger partial charge on any atom is -0.493 e. The van der Waals surface area contributed by atoms with E-state index in [1.807, 2.05) is 0 Å². The van der Waals surface area contributed by atoms with Crippen LogP contribution in [-0.4, -0.2) is 68.9 Å². The monoisotopic (exact) mass is 471 g/mol. The fourth-order valence-electron chi connectivity index (χ4n) is 3.31. The molecule has 0 aliphatic carbocycles. The van der Waals surface area contributed by atoms with Gasteiger partial charge in [-0.2, -0.15) is 4.31 Å². The molecule has 2 aromatic carbocycles. The van der Waals surface area contributed by atoms with Crippen LogP contribution in [-0.2, 0) is 10.0 Å². The second kappa shape index (κ2) is 9.04. The topological polar surface area (TPSA) is 119 Å². The normalized spacial score (nSPS) is 14.8. The molecule has 0 radical (unpaired) electrons. The highest BCUT2D eigenvalue weighted by molar-refractivity contribution is 7.89. The predicted octanol–water partition coefficient (Wildman–Crippen LogP) is 2.04. The number of halogens is 2. The third kappa shape index (κ3) is 4.34. The van der Waals surface area contributed by atoms with Crippen molar-refractivity contribution in [1.82, 2.24) is 9.21 Å². The highest BCUT2D eigenvalue weighted by Gasteiger charge is 2.34. The van der Waals surface area contributed by atoms with Gasteiger partial charge in [0.2, 0.25) is 10.0 Å². The predicted molar refractivity (Wildman–Crippen MR) is 107 cm³/mol. The fraction of sp³-hybridized carbons (Fsp3) is 0.316. The van der Waals surface area contributed by atoms with E-state index in [9.17, 15) is 32.1 Å². The average molecular weight is 471 g/mol. The van der Waals surface area contributed by atoms with Crippen molar-refractivity contribution in [1.29, 1.82) is 0 Å². The summed E-state index contributed by atoms with van der Waals surface area (Å²) in [5.41, 5.74) is -0.746. The Labute approximate surface area is 182 Å². The van der Waals surface area contributed by atoms with Gasteiger partial charge in [0.1, 0.15) is 22.1 Å². The number of rotatable bonds is 6. The van der Waals surface area contributed by atoms with Crippen LogP contribution in [0.25, 0.3) is 0 Å². The first-order chi connectivity index (χ1) is 15.1. The maximum absolute atomic E-state index is 14.0. The van der Waals surface area contributed by atoms with Gasteiger partial charge in [-0.3, -0.25) is 14.9 Å². The Kier molecular flexibility index (Phi) is 6.60. The Morgan fingerprint density at radius 3 is 2.19 bits per heavy atom. The van der Waals surface area contributed by atoms with Gasteiger partial charge in [-0.25, -0.2) is 17.2 Å². The number of nitro groups is 1. The summed E-state index contributed by atoms with van der Waals surface area (Å²) in [6.07, 6.45) is 0. The first-order valence-electron chi connectivity index (χ1n) is 9.25. The summed E-state index contributed by atoms with van der Waals surface area (Å²) in [5, 5.41) is 11.5. The Hall–Kier alpha value is -3.32. The molecule has 0 unspecified atom stereocenters. The van der Waals surface area contributed by atoms with Crippen LogP contribution in [0.2, 0.25) is 0 Å².